The molecule has 0 spiro atoms. The quantitative estimate of drug-likeness (QED) is 0.869. The molecule has 4 heteroatoms. The van der Waals surface area contributed by atoms with Crippen molar-refractivity contribution in [3.8, 4) is 5.69 Å². The topological polar surface area (TPSA) is 29.9 Å². The standard InChI is InChI=1S/C17H24ClN3/c1-5-16-15(11-19-12(3)4)17(6-2)21(20-16)14-9-7-8-13(18)10-14/h7-10,12,19H,5-6,11H2,1-4H3. The molecule has 1 heterocycles. The van der Waals surface area contributed by atoms with Crippen LogP contribution in [0.15, 0.2) is 24.3 Å². The summed E-state index contributed by atoms with van der Waals surface area (Å²) in [4.78, 5) is 0. The second kappa shape index (κ2) is 7.10. The van der Waals surface area contributed by atoms with Gasteiger partial charge < -0.3 is 5.32 Å². The lowest BCUT2D eigenvalue weighted by Gasteiger charge is -2.11. The van der Waals surface area contributed by atoms with Crippen LogP contribution < -0.4 is 5.32 Å². The molecule has 0 unspecified atom stereocenters. The van der Waals surface area contributed by atoms with E-state index >= 15 is 0 Å². The van der Waals surface area contributed by atoms with Crippen molar-refractivity contribution < 1.29 is 0 Å². The normalized spacial score (nSPS) is 11.3. The highest BCUT2D eigenvalue weighted by Gasteiger charge is 2.16. The van der Waals surface area contributed by atoms with E-state index in [0.29, 0.717) is 6.04 Å². The largest absolute Gasteiger partial charge is 0.310 e. The van der Waals surface area contributed by atoms with Crippen molar-refractivity contribution in [1.82, 2.24) is 15.1 Å². The summed E-state index contributed by atoms with van der Waals surface area (Å²) in [6.07, 6.45) is 1.89. The molecular weight excluding hydrogens is 282 g/mol. The van der Waals surface area contributed by atoms with Gasteiger partial charge in [-0.1, -0.05) is 45.4 Å². The van der Waals surface area contributed by atoms with E-state index in [2.05, 4.69) is 39.1 Å². The molecule has 21 heavy (non-hydrogen) atoms. The number of rotatable bonds is 6. The highest BCUT2D eigenvalue weighted by Crippen LogP contribution is 2.22. The third-order valence-electron chi connectivity index (χ3n) is 3.58. The van der Waals surface area contributed by atoms with E-state index in [1.807, 2.05) is 22.9 Å². The summed E-state index contributed by atoms with van der Waals surface area (Å²) in [5, 5.41) is 9.06. The van der Waals surface area contributed by atoms with E-state index < -0.39 is 0 Å². The van der Waals surface area contributed by atoms with Gasteiger partial charge in [0.2, 0.25) is 0 Å². The van der Waals surface area contributed by atoms with Crippen LogP contribution in [0.5, 0.6) is 0 Å². The summed E-state index contributed by atoms with van der Waals surface area (Å²) in [5.41, 5.74) is 4.79. The first-order valence-electron chi connectivity index (χ1n) is 7.65. The summed E-state index contributed by atoms with van der Waals surface area (Å²) in [5.74, 6) is 0. The van der Waals surface area contributed by atoms with Crippen LogP contribution in [-0.2, 0) is 19.4 Å². The molecule has 0 amide bonds. The molecule has 0 saturated heterocycles. The molecule has 2 rings (SSSR count). The maximum Gasteiger partial charge on any atom is 0.0674 e. The van der Waals surface area contributed by atoms with Crippen LogP contribution in [0, 0.1) is 0 Å². The van der Waals surface area contributed by atoms with Gasteiger partial charge in [0.25, 0.3) is 0 Å². The Kier molecular flexibility index (Phi) is 5.43. The Hall–Kier alpha value is -1.32. The molecule has 0 fully saturated rings. The van der Waals surface area contributed by atoms with Crippen LogP contribution in [0.25, 0.3) is 5.69 Å². The SMILES string of the molecule is CCc1nn(-c2cccc(Cl)c2)c(CC)c1CNC(C)C. The van der Waals surface area contributed by atoms with E-state index in [1.54, 1.807) is 0 Å². The molecule has 0 saturated carbocycles. The fourth-order valence-corrected chi connectivity index (χ4v) is 2.70. The predicted molar refractivity (Wildman–Crippen MR) is 89.3 cm³/mol. The zero-order valence-electron chi connectivity index (χ0n) is 13.3. The maximum atomic E-state index is 6.12. The van der Waals surface area contributed by atoms with Crippen molar-refractivity contribution >= 4 is 11.6 Å². The van der Waals surface area contributed by atoms with Crippen LogP contribution in [0.4, 0.5) is 0 Å². The molecule has 1 aromatic heterocycles. The lowest BCUT2D eigenvalue weighted by molar-refractivity contribution is 0.584. The summed E-state index contributed by atoms with van der Waals surface area (Å²) in [6.45, 7) is 9.53. The third kappa shape index (κ3) is 3.66. The molecule has 0 radical (unpaired) electrons. The Labute approximate surface area is 132 Å². The lowest BCUT2D eigenvalue weighted by Crippen LogP contribution is -2.23. The third-order valence-corrected chi connectivity index (χ3v) is 3.82. The van der Waals surface area contributed by atoms with Crippen LogP contribution in [0.3, 0.4) is 0 Å². The molecule has 3 nitrogen and oxygen atoms in total. The summed E-state index contributed by atoms with van der Waals surface area (Å²) in [7, 11) is 0. The smallest absolute Gasteiger partial charge is 0.0674 e. The Bertz CT molecular complexity index is 602. The number of benzene rings is 1. The van der Waals surface area contributed by atoms with E-state index in [-0.39, 0.29) is 0 Å². The average Bonchev–Trinajstić information content (AvgIpc) is 2.82. The lowest BCUT2D eigenvalue weighted by atomic mass is 10.1. The van der Waals surface area contributed by atoms with Crippen molar-refractivity contribution in [3.05, 3.63) is 46.2 Å². The molecular formula is C17H24ClN3. The van der Waals surface area contributed by atoms with Crippen LogP contribution in [-0.4, -0.2) is 15.8 Å². The highest BCUT2D eigenvalue weighted by atomic mass is 35.5. The number of nitrogens with one attached hydrogen (secondary N) is 1. The molecule has 0 aliphatic rings. The van der Waals surface area contributed by atoms with Gasteiger partial charge in [-0.2, -0.15) is 5.10 Å². The van der Waals surface area contributed by atoms with Gasteiger partial charge in [-0.25, -0.2) is 4.68 Å². The molecule has 114 valence electrons. The number of hydrogen-bond acceptors (Lipinski definition) is 2. The average molecular weight is 306 g/mol. The highest BCUT2D eigenvalue weighted by molar-refractivity contribution is 6.30. The van der Waals surface area contributed by atoms with Crippen LogP contribution >= 0.6 is 11.6 Å². The molecule has 0 atom stereocenters. The van der Waals surface area contributed by atoms with Crippen molar-refractivity contribution in [2.24, 2.45) is 0 Å². The Morgan fingerprint density at radius 1 is 1.24 bits per heavy atom. The van der Waals surface area contributed by atoms with E-state index in [1.165, 1.54) is 17.0 Å². The second-order valence-electron chi connectivity index (χ2n) is 5.51. The predicted octanol–water partition coefficient (Wildman–Crippen LogP) is 4.15. The van der Waals surface area contributed by atoms with Gasteiger partial charge in [0.05, 0.1) is 11.4 Å². The molecule has 2 aromatic rings. The van der Waals surface area contributed by atoms with Gasteiger partial charge in [0.15, 0.2) is 0 Å². The van der Waals surface area contributed by atoms with Crippen molar-refractivity contribution in [2.75, 3.05) is 0 Å². The number of hydrogen-bond donors (Lipinski definition) is 1. The minimum Gasteiger partial charge on any atom is -0.310 e. The number of aromatic nitrogens is 2. The van der Waals surface area contributed by atoms with Crippen LogP contribution in [0.2, 0.25) is 5.02 Å². The molecule has 0 aliphatic carbocycles. The minimum absolute atomic E-state index is 0.467. The summed E-state index contributed by atoms with van der Waals surface area (Å²) < 4.78 is 2.04. The zero-order chi connectivity index (χ0) is 15.4. The van der Waals surface area contributed by atoms with E-state index in [4.69, 9.17) is 16.7 Å². The Morgan fingerprint density at radius 2 is 2.00 bits per heavy atom. The summed E-state index contributed by atoms with van der Waals surface area (Å²) in [6, 6.07) is 8.34. The van der Waals surface area contributed by atoms with Gasteiger partial charge in [0.1, 0.15) is 0 Å². The van der Waals surface area contributed by atoms with Gasteiger partial charge in [-0.05, 0) is 31.0 Å². The summed E-state index contributed by atoms with van der Waals surface area (Å²) >= 11 is 6.12. The Balaban J connectivity index is 2.47. The van der Waals surface area contributed by atoms with E-state index in [9.17, 15) is 0 Å². The van der Waals surface area contributed by atoms with Crippen molar-refractivity contribution in [1.29, 1.82) is 0 Å². The molecule has 1 aromatic carbocycles. The first-order chi connectivity index (χ1) is 10.1. The van der Waals surface area contributed by atoms with Gasteiger partial charge in [0, 0.05) is 28.9 Å². The number of nitrogens with zero attached hydrogens (tertiary/aromatic N) is 2. The van der Waals surface area contributed by atoms with Gasteiger partial charge in [-0.3, -0.25) is 0 Å². The van der Waals surface area contributed by atoms with Crippen molar-refractivity contribution in [2.45, 2.75) is 53.1 Å². The fraction of sp³-hybridized carbons (Fsp3) is 0.471. The van der Waals surface area contributed by atoms with E-state index in [0.717, 1.165) is 30.1 Å². The Morgan fingerprint density at radius 3 is 2.57 bits per heavy atom. The first-order valence-corrected chi connectivity index (χ1v) is 8.03. The number of halogens is 1. The second-order valence-corrected chi connectivity index (χ2v) is 5.94. The molecule has 0 aliphatic heterocycles. The molecule has 1 N–H and O–H groups in total. The van der Waals surface area contributed by atoms with Gasteiger partial charge >= 0.3 is 0 Å². The first kappa shape index (κ1) is 16.1. The monoisotopic (exact) mass is 305 g/mol. The fourth-order valence-electron chi connectivity index (χ4n) is 2.51. The maximum absolute atomic E-state index is 6.12. The molecule has 0 bridgehead atoms. The van der Waals surface area contributed by atoms with Crippen molar-refractivity contribution in [3.63, 3.8) is 0 Å². The zero-order valence-corrected chi connectivity index (χ0v) is 14.0. The minimum atomic E-state index is 0.467. The van der Waals surface area contributed by atoms with Gasteiger partial charge in [-0.15, -0.1) is 0 Å². The number of aryl methyl sites for hydroxylation is 1. The van der Waals surface area contributed by atoms with Crippen LogP contribution in [0.1, 0.15) is 44.6 Å².